The Morgan fingerprint density at radius 2 is 1.30 bits per heavy atom. The van der Waals surface area contributed by atoms with Crippen LogP contribution in [0, 0.1) is 11.8 Å². The molecule has 2 aliphatic heterocycles. The number of phenols is 1. The van der Waals surface area contributed by atoms with E-state index in [4.69, 9.17) is 5.73 Å². The van der Waals surface area contributed by atoms with E-state index in [0.717, 1.165) is 5.56 Å². The lowest BCUT2D eigenvalue weighted by molar-refractivity contribution is -0.142. The number of rotatable bonds is 7. The lowest BCUT2D eigenvalue weighted by atomic mass is 10.00. The normalized spacial score (nSPS) is 25.8. The van der Waals surface area contributed by atoms with E-state index >= 15 is 0 Å². The second-order valence-electron chi connectivity index (χ2n) is 14.8. The van der Waals surface area contributed by atoms with Gasteiger partial charge in [0.15, 0.2) is 0 Å². The van der Waals surface area contributed by atoms with Gasteiger partial charge >= 0.3 is 0 Å². The number of hydrogen-bond acceptors (Lipinski definition) is 8. The minimum absolute atomic E-state index is 0.0154. The zero-order chi connectivity index (χ0) is 38.7. The van der Waals surface area contributed by atoms with Gasteiger partial charge in [-0.3, -0.25) is 28.8 Å². The van der Waals surface area contributed by atoms with Gasteiger partial charge in [0.2, 0.25) is 35.4 Å². The first-order valence-electron chi connectivity index (χ1n) is 18.6. The molecule has 6 atom stereocenters. The Labute approximate surface area is 311 Å². The Kier molecular flexibility index (Phi) is 14.8. The highest BCUT2D eigenvalue weighted by Gasteiger charge is 2.40. The first-order valence-corrected chi connectivity index (χ1v) is 18.6. The van der Waals surface area contributed by atoms with Crippen LogP contribution >= 0.6 is 0 Å². The van der Waals surface area contributed by atoms with Gasteiger partial charge in [0.05, 0.1) is 6.04 Å². The van der Waals surface area contributed by atoms with E-state index in [9.17, 15) is 33.9 Å². The van der Waals surface area contributed by atoms with Crippen molar-refractivity contribution in [2.45, 2.75) is 109 Å². The molecule has 2 aromatic rings. The summed E-state index contributed by atoms with van der Waals surface area (Å²) in [7, 11) is 0. The Morgan fingerprint density at radius 3 is 1.96 bits per heavy atom. The van der Waals surface area contributed by atoms with Crippen LogP contribution in [0.1, 0.15) is 70.9 Å². The van der Waals surface area contributed by atoms with E-state index in [2.05, 4.69) is 26.6 Å². The quantitative estimate of drug-likeness (QED) is 0.218. The fraction of sp³-hybridized carbons (Fsp3) is 0.538. The number of carbonyl (C=O) groups is 6. The maximum Gasteiger partial charge on any atom is 0.246 e. The van der Waals surface area contributed by atoms with Crippen molar-refractivity contribution in [1.82, 2.24) is 31.5 Å². The Balaban J connectivity index is 1.70. The average Bonchev–Trinajstić information content (AvgIpc) is 3.62. The van der Waals surface area contributed by atoms with Gasteiger partial charge < -0.3 is 42.3 Å². The summed E-state index contributed by atoms with van der Waals surface area (Å²) in [5, 5.41) is 24.0. The van der Waals surface area contributed by atoms with Crippen molar-refractivity contribution in [1.29, 1.82) is 0 Å². The van der Waals surface area contributed by atoms with Crippen LogP contribution in [-0.4, -0.2) is 94.8 Å². The lowest BCUT2D eigenvalue weighted by Gasteiger charge is -2.31. The van der Waals surface area contributed by atoms with Crippen molar-refractivity contribution in [3.8, 4) is 5.75 Å². The summed E-state index contributed by atoms with van der Waals surface area (Å²) in [6, 6.07) is 9.43. The third-order valence-corrected chi connectivity index (χ3v) is 9.66. The molecule has 2 fully saturated rings. The van der Waals surface area contributed by atoms with Crippen LogP contribution in [-0.2, 0) is 41.6 Å². The van der Waals surface area contributed by atoms with Crippen LogP contribution in [0.2, 0.25) is 0 Å². The summed E-state index contributed by atoms with van der Waals surface area (Å²) < 4.78 is 0. The number of phenolic OH excluding ortho intramolecular Hbond substituents is 1. The highest BCUT2D eigenvalue weighted by atomic mass is 16.3. The second-order valence-corrected chi connectivity index (χ2v) is 14.8. The number of aromatic hydroxyl groups is 1. The number of nitrogens with one attached hydrogen (secondary N) is 5. The van der Waals surface area contributed by atoms with E-state index in [1.54, 1.807) is 26.0 Å². The molecule has 14 heteroatoms. The molecule has 0 unspecified atom stereocenters. The van der Waals surface area contributed by atoms with Gasteiger partial charge in [0, 0.05) is 25.9 Å². The van der Waals surface area contributed by atoms with E-state index in [1.165, 1.54) is 17.0 Å². The number of nitrogens with zero attached hydrogens (tertiary/aromatic N) is 1. The highest BCUT2D eigenvalue weighted by molar-refractivity contribution is 5.97. The van der Waals surface area contributed by atoms with Crippen LogP contribution in [0.25, 0.3) is 0 Å². The van der Waals surface area contributed by atoms with Crippen LogP contribution in [0.15, 0.2) is 54.6 Å². The molecule has 0 bridgehead atoms. The number of amides is 6. The van der Waals surface area contributed by atoms with Gasteiger partial charge in [-0.15, -0.1) is 0 Å². The van der Waals surface area contributed by atoms with Crippen molar-refractivity contribution in [3.05, 3.63) is 65.7 Å². The van der Waals surface area contributed by atoms with Crippen LogP contribution in [0.4, 0.5) is 0 Å². The first-order chi connectivity index (χ1) is 25.2. The second kappa shape index (κ2) is 19.2. The molecule has 0 radical (unpaired) electrons. The van der Waals surface area contributed by atoms with Crippen molar-refractivity contribution in [2.75, 3.05) is 13.1 Å². The molecular weight excluding hydrogens is 678 g/mol. The smallest absolute Gasteiger partial charge is 0.246 e. The minimum atomic E-state index is -1.13. The lowest BCUT2D eigenvalue weighted by Crippen LogP contribution is -2.60. The van der Waals surface area contributed by atoms with E-state index < -0.39 is 71.7 Å². The maximum atomic E-state index is 14.4. The third kappa shape index (κ3) is 11.8. The topological polar surface area (TPSA) is 212 Å². The number of fused-ring (bicyclic) bond motifs is 1. The number of benzene rings is 2. The highest BCUT2D eigenvalue weighted by Crippen LogP contribution is 2.21. The minimum Gasteiger partial charge on any atom is -0.508 e. The van der Waals surface area contributed by atoms with Gasteiger partial charge in [-0.05, 0) is 67.2 Å². The molecule has 0 saturated carbocycles. The third-order valence-electron chi connectivity index (χ3n) is 9.66. The fourth-order valence-corrected chi connectivity index (χ4v) is 6.72. The molecule has 0 spiro atoms. The number of nitrogens with two attached hydrogens (primary N) is 1. The molecule has 8 N–H and O–H groups in total. The average molecular weight is 734 g/mol. The van der Waals surface area contributed by atoms with Crippen molar-refractivity contribution >= 4 is 35.4 Å². The SMILES string of the molecule is CC(C)C[C@H]1NC(=O)[C@@H](N)CCCNC(=O)[C@H](C(C)C)NC(=O)[C@H](Cc2ccc(O)cc2)NC(=O)[C@@H]2CCCN2C(=O)[C@@H](Cc2ccccc2)NC1=O. The van der Waals surface area contributed by atoms with Crippen LogP contribution in [0.3, 0.4) is 0 Å². The molecule has 2 saturated heterocycles. The van der Waals surface area contributed by atoms with Crippen molar-refractivity contribution < 1.29 is 33.9 Å². The molecule has 14 nitrogen and oxygen atoms in total. The van der Waals surface area contributed by atoms with E-state index in [1.807, 2.05) is 44.2 Å². The standard InChI is InChI=1S/C39H55N7O7/c1-23(2)20-29-35(49)44-31(22-25-10-6-5-7-11-25)39(53)46-19-9-13-32(46)37(51)43-30(21-26-14-16-27(47)17-15-26)36(50)45-33(24(3)4)38(52)41-18-8-12-28(40)34(48)42-29/h5-7,10-11,14-17,23-24,28-33,47H,8-9,12-13,18-22,40H2,1-4H3,(H,41,52)(H,42,48)(H,43,51)(H,44,49)(H,45,50)/t28-,29+,30-,31+,32-,33-/m0/s1. The summed E-state index contributed by atoms with van der Waals surface area (Å²) in [4.78, 5) is 84.2. The molecule has 6 amide bonds. The summed E-state index contributed by atoms with van der Waals surface area (Å²) in [5.74, 6) is -3.37. The predicted octanol–water partition coefficient (Wildman–Crippen LogP) is 1.05. The molecule has 0 aromatic heterocycles. The fourth-order valence-electron chi connectivity index (χ4n) is 6.72. The van der Waals surface area contributed by atoms with Crippen LogP contribution in [0.5, 0.6) is 5.75 Å². The summed E-state index contributed by atoms with van der Waals surface area (Å²) in [6.07, 6.45) is 1.90. The molecule has 2 aliphatic rings. The van der Waals surface area contributed by atoms with E-state index in [0.29, 0.717) is 31.2 Å². The Hall–Kier alpha value is -4.98. The Bertz CT molecular complexity index is 1580. The van der Waals surface area contributed by atoms with Crippen LogP contribution < -0.4 is 32.3 Å². The molecule has 2 aromatic carbocycles. The largest absolute Gasteiger partial charge is 0.508 e. The summed E-state index contributed by atoms with van der Waals surface area (Å²) in [5.41, 5.74) is 7.68. The number of hydrogen-bond donors (Lipinski definition) is 7. The summed E-state index contributed by atoms with van der Waals surface area (Å²) >= 11 is 0. The van der Waals surface area contributed by atoms with Gasteiger partial charge in [0.25, 0.3) is 0 Å². The molecular formula is C39H55N7O7. The molecule has 2 heterocycles. The van der Waals surface area contributed by atoms with Gasteiger partial charge in [0.1, 0.15) is 36.0 Å². The molecule has 288 valence electrons. The zero-order valence-corrected chi connectivity index (χ0v) is 31.1. The van der Waals surface area contributed by atoms with Gasteiger partial charge in [-0.1, -0.05) is 70.2 Å². The van der Waals surface area contributed by atoms with E-state index in [-0.39, 0.29) is 49.9 Å². The maximum absolute atomic E-state index is 14.4. The predicted molar refractivity (Wildman–Crippen MR) is 199 cm³/mol. The molecule has 0 aliphatic carbocycles. The summed E-state index contributed by atoms with van der Waals surface area (Å²) in [6.45, 7) is 7.85. The van der Waals surface area contributed by atoms with Gasteiger partial charge in [-0.25, -0.2) is 0 Å². The van der Waals surface area contributed by atoms with Crippen molar-refractivity contribution in [2.24, 2.45) is 17.6 Å². The number of carbonyl (C=O) groups excluding carboxylic acids is 6. The monoisotopic (exact) mass is 733 g/mol. The Morgan fingerprint density at radius 1 is 0.698 bits per heavy atom. The zero-order valence-electron chi connectivity index (χ0n) is 31.1. The van der Waals surface area contributed by atoms with Gasteiger partial charge in [-0.2, -0.15) is 0 Å². The molecule has 4 rings (SSSR count). The first kappa shape index (κ1) is 40.8. The molecule has 53 heavy (non-hydrogen) atoms. The van der Waals surface area contributed by atoms with Crippen molar-refractivity contribution in [3.63, 3.8) is 0 Å².